The third-order valence-electron chi connectivity index (χ3n) is 4.74. The van der Waals surface area contributed by atoms with E-state index in [9.17, 15) is 14.7 Å². The van der Waals surface area contributed by atoms with Crippen molar-refractivity contribution in [2.75, 3.05) is 19.8 Å². The Labute approximate surface area is 153 Å². The van der Waals surface area contributed by atoms with Gasteiger partial charge in [-0.15, -0.1) is 0 Å². The summed E-state index contributed by atoms with van der Waals surface area (Å²) in [6.45, 7) is 3.55. The van der Waals surface area contributed by atoms with E-state index in [-0.39, 0.29) is 5.91 Å². The van der Waals surface area contributed by atoms with Crippen LogP contribution in [0.3, 0.4) is 0 Å². The molecule has 0 saturated carbocycles. The second-order valence-electron chi connectivity index (χ2n) is 6.31. The third-order valence-corrected chi connectivity index (χ3v) is 4.74. The summed E-state index contributed by atoms with van der Waals surface area (Å²) in [6, 6.07) is 15.9. The van der Waals surface area contributed by atoms with E-state index in [1.165, 1.54) is 0 Å². The van der Waals surface area contributed by atoms with Crippen molar-refractivity contribution in [1.82, 2.24) is 4.90 Å². The fourth-order valence-corrected chi connectivity index (χ4v) is 3.61. The van der Waals surface area contributed by atoms with Crippen molar-refractivity contribution in [3.8, 4) is 0 Å². The Morgan fingerprint density at radius 3 is 2.50 bits per heavy atom. The largest absolute Gasteiger partial charge is 0.481 e. The van der Waals surface area contributed by atoms with Crippen LogP contribution in [-0.2, 0) is 9.53 Å². The molecule has 5 heteroatoms. The summed E-state index contributed by atoms with van der Waals surface area (Å²) in [4.78, 5) is 27.0. The molecular weight excluding hydrogens is 330 g/mol. The minimum Gasteiger partial charge on any atom is -0.481 e. The maximum absolute atomic E-state index is 13.1. The maximum atomic E-state index is 13.1. The van der Waals surface area contributed by atoms with Crippen LogP contribution < -0.4 is 0 Å². The van der Waals surface area contributed by atoms with Crippen LogP contribution in [-0.4, -0.2) is 41.6 Å². The molecule has 5 nitrogen and oxygen atoms in total. The topological polar surface area (TPSA) is 66.8 Å². The summed E-state index contributed by atoms with van der Waals surface area (Å²) in [6.07, 6.45) is 0.664. The summed E-state index contributed by atoms with van der Waals surface area (Å²) in [5, 5.41) is 9.97. The highest BCUT2D eigenvalue weighted by molar-refractivity contribution is 6.00. The van der Waals surface area contributed by atoms with Gasteiger partial charge in [-0.1, -0.05) is 48.5 Å². The number of aliphatic carboxylic acids is 1. The van der Waals surface area contributed by atoms with Crippen LogP contribution >= 0.6 is 0 Å². The summed E-state index contributed by atoms with van der Waals surface area (Å²) in [7, 11) is 0. The van der Waals surface area contributed by atoms with Gasteiger partial charge in [-0.3, -0.25) is 9.59 Å². The number of amides is 1. The van der Waals surface area contributed by atoms with Crippen molar-refractivity contribution in [2.24, 2.45) is 0 Å². The number of carboxylic acids is 1. The molecule has 2 atom stereocenters. The first kappa shape index (κ1) is 18.1. The van der Waals surface area contributed by atoms with Gasteiger partial charge in [0.2, 0.25) is 0 Å². The van der Waals surface area contributed by atoms with Crippen LogP contribution in [0.25, 0.3) is 0 Å². The summed E-state index contributed by atoms with van der Waals surface area (Å²) in [5.41, 5.74) is 1.89. The Bertz CT molecular complexity index is 775. The number of rotatable bonds is 7. The molecule has 0 aromatic heterocycles. The minimum atomic E-state index is -0.923. The summed E-state index contributed by atoms with van der Waals surface area (Å²) in [5.74, 6) is -1.84. The average Bonchev–Trinajstić information content (AvgIpc) is 2.66. The van der Waals surface area contributed by atoms with Gasteiger partial charge in [0.15, 0.2) is 0 Å². The molecule has 136 valence electrons. The molecule has 1 aliphatic rings. The molecule has 2 unspecified atom stereocenters. The maximum Gasteiger partial charge on any atom is 0.313 e. The van der Waals surface area contributed by atoms with Gasteiger partial charge in [0.1, 0.15) is 5.92 Å². The first-order chi connectivity index (χ1) is 12.6. The molecule has 0 saturated heterocycles. The van der Waals surface area contributed by atoms with Crippen molar-refractivity contribution in [1.29, 1.82) is 0 Å². The molecule has 2 aromatic rings. The zero-order chi connectivity index (χ0) is 18.5. The van der Waals surface area contributed by atoms with E-state index in [1.54, 1.807) is 29.2 Å². The molecule has 0 aliphatic carbocycles. The molecular formula is C21H23NO4. The quantitative estimate of drug-likeness (QED) is 0.774. The lowest BCUT2D eigenvalue weighted by Gasteiger charge is -2.41. The molecule has 0 radical (unpaired) electrons. The van der Waals surface area contributed by atoms with Crippen molar-refractivity contribution in [3.63, 3.8) is 0 Å². The number of hydrogen-bond donors (Lipinski definition) is 1. The van der Waals surface area contributed by atoms with E-state index < -0.39 is 17.9 Å². The molecule has 1 N–H and O–H groups in total. The van der Waals surface area contributed by atoms with E-state index >= 15 is 0 Å². The number of ether oxygens (including phenoxy) is 1. The molecule has 26 heavy (non-hydrogen) atoms. The molecule has 0 spiro atoms. The van der Waals surface area contributed by atoms with Gasteiger partial charge in [-0.25, -0.2) is 0 Å². The van der Waals surface area contributed by atoms with Gasteiger partial charge >= 0.3 is 5.97 Å². The second kappa shape index (κ2) is 8.15. The first-order valence-corrected chi connectivity index (χ1v) is 8.90. The van der Waals surface area contributed by atoms with Crippen LogP contribution in [0, 0.1) is 0 Å². The minimum absolute atomic E-state index is 0.122. The van der Waals surface area contributed by atoms with Gasteiger partial charge < -0.3 is 14.7 Å². The number of benzene rings is 2. The van der Waals surface area contributed by atoms with Crippen LogP contribution in [0.2, 0.25) is 0 Å². The molecule has 3 rings (SSSR count). The Morgan fingerprint density at radius 2 is 1.81 bits per heavy atom. The predicted molar refractivity (Wildman–Crippen MR) is 98.1 cm³/mol. The molecule has 1 amide bonds. The van der Waals surface area contributed by atoms with Gasteiger partial charge in [0, 0.05) is 25.3 Å². The van der Waals surface area contributed by atoms with Crippen molar-refractivity contribution in [3.05, 3.63) is 71.3 Å². The smallest absolute Gasteiger partial charge is 0.313 e. The molecule has 0 bridgehead atoms. The van der Waals surface area contributed by atoms with Crippen LogP contribution in [0.1, 0.15) is 46.8 Å². The number of nitrogens with zero attached hydrogens (tertiary/aromatic N) is 1. The zero-order valence-corrected chi connectivity index (χ0v) is 14.8. The summed E-state index contributed by atoms with van der Waals surface area (Å²) >= 11 is 0. The van der Waals surface area contributed by atoms with Crippen molar-refractivity contribution < 1.29 is 19.4 Å². The Hall–Kier alpha value is -2.66. The van der Waals surface area contributed by atoms with Crippen LogP contribution in [0.5, 0.6) is 0 Å². The van der Waals surface area contributed by atoms with Crippen LogP contribution in [0.4, 0.5) is 0 Å². The highest BCUT2D eigenvalue weighted by atomic mass is 16.5. The molecule has 1 heterocycles. The highest BCUT2D eigenvalue weighted by Gasteiger charge is 2.43. The highest BCUT2D eigenvalue weighted by Crippen LogP contribution is 2.42. The van der Waals surface area contributed by atoms with Crippen molar-refractivity contribution >= 4 is 11.9 Å². The zero-order valence-electron chi connectivity index (χ0n) is 14.8. The number of carboxylic acid groups (broad SMARTS) is 1. The number of carbonyl (C=O) groups is 2. The monoisotopic (exact) mass is 353 g/mol. The number of hydrogen-bond acceptors (Lipinski definition) is 3. The van der Waals surface area contributed by atoms with Gasteiger partial charge in [0.25, 0.3) is 5.91 Å². The Kier molecular flexibility index (Phi) is 5.68. The van der Waals surface area contributed by atoms with Crippen LogP contribution in [0.15, 0.2) is 54.6 Å². The predicted octanol–water partition coefficient (Wildman–Crippen LogP) is 3.48. The lowest BCUT2D eigenvalue weighted by Crippen LogP contribution is -2.45. The van der Waals surface area contributed by atoms with E-state index in [1.807, 2.05) is 37.3 Å². The number of fused-ring (bicyclic) bond motifs is 1. The van der Waals surface area contributed by atoms with E-state index in [0.29, 0.717) is 37.3 Å². The van der Waals surface area contributed by atoms with E-state index in [0.717, 1.165) is 5.56 Å². The Balaban J connectivity index is 2.04. The SMILES string of the molecule is CCOCCCN1C(=O)c2ccccc2C(C(=O)O)C1c1ccccc1. The van der Waals surface area contributed by atoms with Gasteiger partial charge in [-0.2, -0.15) is 0 Å². The molecule has 0 fully saturated rings. The van der Waals surface area contributed by atoms with Gasteiger partial charge in [0.05, 0.1) is 6.04 Å². The lowest BCUT2D eigenvalue weighted by atomic mass is 9.79. The average molecular weight is 353 g/mol. The third kappa shape index (κ3) is 3.48. The van der Waals surface area contributed by atoms with E-state index in [4.69, 9.17) is 4.74 Å². The fraction of sp³-hybridized carbons (Fsp3) is 0.333. The van der Waals surface area contributed by atoms with Crippen molar-refractivity contribution in [2.45, 2.75) is 25.3 Å². The normalized spacial score (nSPS) is 19.3. The first-order valence-electron chi connectivity index (χ1n) is 8.90. The van der Waals surface area contributed by atoms with E-state index in [2.05, 4.69) is 0 Å². The fourth-order valence-electron chi connectivity index (χ4n) is 3.61. The standard InChI is InChI=1S/C21H23NO4/c1-2-26-14-8-13-22-19(15-9-4-3-5-10-15)18(21(24)25)16-11-6-7-12-17(16)20(22)23/h3-7,9-12,18-19H,2,8,13-14H2,1H3,(H,24,25). The molecule has 1 aliphatic heterocycles. The second-order valence-corrected chi connectivity index (χ2v) is 6.31. The summed E-state index contributed by atoms with van der Waals surface area (Å²) < 4.78 is 5.39. The molecule has 2 aromatic carbocycles. The number of carbonyl (C=O) groups excluding carboxylic acids is 1. The lowest BCUT2D eigenvalue weighted by molar-refractivity contribution is -0.140. The van der Waals surface area contributed by atoms with Gasteiger partial charge in [-0.05, 0) is 30.5 Å². The Morgan fingerprint density at radius 1 is 1.12 bits per heavy atom.